The molecular formula is C21H19N3O4S. The molecule has 0 atom stereocenters. The van der Waals surface area contributed by atoms with E-state index >= 15 is 0 Å². The molecule has 0 aromatic heterocycles. The van der Waals surface area contributed by atoms with Gasteiger partial charge < -0.3 is 14.5 Å². The van der Waals surface area contributed by atoms with Gasteiger partial charge in [-0.15, -0.1) is 0 Å². The van der Waals surface area contributed by atoms with Crippen LogP contribution in [0.2, 0.25) is 0 Å². The van der Waals surface area contributed by atoms with Crippen LogP contribution in [0.1, 0.15) is 15.9 Å². The van der Waals surface area contributed by atoms with Crippen LogP contribution in [0.5, 0.6) is 0 Å². The number of carbonyl (C=O) groups excluding carboxylic acids is 3. The number of anilines is 1. The van der Waals surface area contributed by atoms with E-state index in [0.29, 0.717) is 30.1 Å². The summed E-state index contributed by atoms with van der Waals surface area (Å²) in [7, 11) is 1.93. The summed E-state index contributed by atoms with van der Waals surface area (Å²) in [5, 5.41) is 1.83. The molecule has 2 aromatic carbocycles. The minimum absolute atomic E-state index is 0.0561. The van der Waals surface area contributed by atoms with E-state index in [9.17, 15) is 14.4 Å². The Morgan fingerprint density at radius 1 is 1.07 bits per heavy atom. The molecule has 0 saturated carbocycles. The van der Waals surface area contributed by atoms with Crippen LogP contribution in [-0.4, -0.2) is 48.8 Å². The first kappa shape index (κ1) is 19.1. The Labute approximate surface area is 172 Å². The van der Waals surface area contributed by atoms with Crippen molar-refractivity contribution in [2.24, 2.45) is 0 Å². The molecule has 3 amide bonds. The van der Waals surface area contributed by atoms with Gasteiger partial charge in [-0.05, 0) is 23.9 Å². The number of hydrogen-bond donors (Lipinski definition) is 1. The van der Waals surface area contributed by atoms with Gasteiger partial charge in [-0.1, -0.05) is 42.5 Å². The molecule has 2 aliphatic rings. The summed E-state index contributed by atoms with van der Waals surface area (Å²) in [5.41, 5.74) is 2.26. The van der Waals surface area contributed by atoms with E-state index in [4.69, 9.17) is 4.74 Å². The molecule has 8 heteroatoms. The van der Waals surface area contributed by atoms with Crippen LogP contribution < -0.4 is 10.2 Å². The summed E-state index contributed by atoms with van der Waals surface area (Å²) in [6.07, 6.45) is 0. The monoisotopic (exact) mass is 409 g/mol. The zero-order valence-electron chi connectivity index (χ0n) is 15.8. The van der Waals surface area contributed by atoms with Gasteiger partial charge in [0.15, 0.2) is 0 Å². The molecule has 0 radical (unpaired) electrons. The number of benzene rings is 2. The third kappa shape index (κ3) is 3.84. The highest BCUT2D eigenvalue weighted by Gasteiger charge is 2.31. The third-order valence-corrected chi connectivity index (χ3v) is 5.54. The molecule has 7 nitrogen and oxygen atoms in total. The molecule has 4 rings (SSSR count). The number of amides is 3. The van der Waals surface area contributed by atoms with Gasteiger partial charge in [0.25, 0.3) is 17.1 Å². The van der Waals surface area contributed by atoms with Gasteiger partial charge in [0.2, 0.25) is 0 Å². The van der Waals surface area contributed by atoms with E-state index < -0.39 is 11.1 Å². The quantitative estimate of drug-likeness (QED) is 0.604. The molecule has 1 saturated heterocycles. The van der Waals surface area contributed by atoms with Crippen molar-refractivity contribution in [1.29, 1.82) is 0 Å². The lowest BCUT2D eigenvalue weighted by Gasteiger charge is -2.35. The second-order valence-corrected chi connectivity index (χ2v) is 7.62. The molecule has 2 aromatic rings. The third-order valence-electron chi connectivity index (χ3n) is 4.68. The first-order chi connectivity index (χ1) is 14.0. The zero-order valence-corrected chi connectivity index (χ0v) is 16.6. The molecule has 148 valence electrons. The molecule has 1 N–H and O–H groups in total. The Balaban J connectivity index is 1.51. The van der Waals surface area contributed by atoms with Crippen molar-refractivity contribution >= 4 is 40.3 Å². The van der Waals surface area contributed by atoms with Crippen LogP contribution in [0.4, 0.5) is 10.5 Å². The fraction of sp³-hybridized carbons (Fsp3) is 0.190. The summed E-state index contributed by atoms with van der Waals surface area (Å²) in [6.45, 7) is 0.989. The molecule has 0 bridgehead atoms. The van der Waals surface area contributed by atoms with Crippen molar-refractivity contribution in [3.05, 3.63) is 70.6 Å². The van der Waals surface area contributed by atoms with Crippen molar-refractivity contribution in [2.45, 2.75) is 0 Å². The maximum absolute atomic E-state index is 12.8. The first-order valence-electron chi connectivity index (χ1n) is 9.09. The predicted molar refractivity (Wildman–Crippen MR) is 111 cm³/mol. The number of carbonyl (C=O) groups is 3. The summed E-state index contributed by atoms with van der Waals surface area (Å²) in [4.78, 5) is 40.4. The second kappa shape index (κ2) is 8.00. The Morgan fingerprint density at radius 3 is 2.52 bits per heavy atom. The van der Waals surface area contributed by atoms with E-state index in [-0.39, 0.29) is 17.4 Å². The standard InChI is InChI=1S/C21H19N3O4S/c1-23-13-24(20(26)15-9-5-6-10-16(15)23)11-12-28-17(14-7-3-2-4-8-14)18-19(25)22-21(27)29-18/h2-10H,11-13H2,1H3,(H,22,25,27). The number of thioether (sulfide) groups is 1. The number of nitrogens with one attached hydrogen (secondary N) is 1. The van der Waals surface area contributed by atoms with Gasteiger partial charge in [-0.3, -0.25) is 19.7 Å². The molecule has 29 heavy (non-hydrogen) atoms. The second-order valence-electron chi connectivity index (χ2n) is 6.64. The lowest BCUT2D eigenvalue weighted by molar-refractivity contribution is -0.115. The van der Waals surface area contributed by atoms with Crippen LogP contribution in [0, 0.1) is 0 Å². The maximum Gasteiger partial charge on any atom is 0.291 e. The number of rotatable bonds is 5. The Morgan fingerprint density at radius 2 is 1.79 bits per heavy atom. The molecule has 0 unspecified atom stereocenters. The average molecular weight is 409 g/mol. The number of fused-ring (bicyclic) bond motifs is 1. The van der Waals surface area contributed by atoms with Gasteiger partial charge in [0, 0.05) is 12.6 Å². The molecule has 0 aliphatic carbocycles. The normalized spacial score (nSPS) is 17.9. The minimum atomic E-state index is -0.471. The molecular weight excluding hydrogens is 390 g/mol. The van der Waals surface area contributed by atoms with Crippen molar-refractivity contribution in [2.75, 3.05) is 31.8 Å². The maximum atomic E-state index is 12.8. The average Bonchev–Trinajstić information content (AvgIpc) is 3.07. The van der Waals surface area contributed by atoms with Gasteiger partial charge >= 0.3 is 0 Å². The smallest absolute Gasteiger partial charge is 0.291 e. The van der Waals surface area contributed by atoms with Gasteiger partial charge in [0.05, 0.1) is 24.5 Å². The number of hydrogen-bond acceptors (Lipinski definition) is 6. The van der Waals surface area contributed by atoms with E-state index in [2.05, 4.69) is 5.32 Å². The topological polar surface area (TPSA) is 79.0 Å². The predicted octanol–water partition coefficient (Wildman–Crippen LogP) is 2.90. The van der Waals surface area contributed by atoms with E-state index in [1.807, 2.05) is 66.5 Å². The Bertz CT molecular complexity index is 1010. The minimum Gasteiger partial charge on any atom is -0.490 e. The highest BCUT2D eigenvalue weighted by Crippen LogP contribution is 2.32. The van der Waals surface area contributed by atoms with E-state index in [1.165, 1.54) is 0 Å². The summed E-state index contributed by atoms with van der Waals surface area (Å²) < 4.78 is 5.94. The van der Waals surface area contributed by atoms with E-state index in [0.717, 1.165) is 17.4 Å². The van der Waals surface area contributed by atoms with E-state index in [1.54, 1.807) is 4.90 Å². The number of ether oxygens (including phenoxy) is 1. The fourth-order valence-corrected chi connectivity index (χ4v) is 4.06. The zero-order chi connectivity index (χ0) is 20.4. The van der Waals surface area contributed by atoms with Crippen LogP contribution in [-0.2, 0) is 9.53 Å². The highest BCUT2D eigenvalue weighted by atomic mass is 32.2. The van der Waals surface area contributed by atoms with Crippen LogP contribution in [0.3, 0.4) is 0 Å². The van der Waals surface area contributed by atoms with Crippen LogP contribution in [0.25, 0.3) is 5.76 Å². The van der Waals surface area contributed by atoms with Crippen LogP contribution >= 0.6 is 11.8 Å². The largest absolute Gasteiger partial charge is 0.490 e. The first-order valence-corrected chi connectivity index (χ1v) is 9.91. The lowest BCUT2D eigenvalue weighted by Crippen LogP contribution is -2.46. The molecule has 1 fully saturated rings. The SMILES string of the molecule is CN1CN(CCOC(=C2SC(=O)NC2=O)c2ccccc2)C(=O)c2ccccc21. The van der Waals surface area contributed by atoms with Crippen LogP contribution in [0.15, 0.2) is 59.5 Å². The fourth-order valence-electron chi connectivity index (χ4n) is 3.32. The van der Waals surface area contributed by atoms with Gasteiger partial charge in [-0.25, -0.2) is 0 Å². The number of nitrogens with zero attached hydrogens (tertiary/aromatic N) is 2. The van der Waals surface area contributed by atoms with Crippen molar-refractivity contribution in [3.8, 4) is 0 Å². The molecule has 2 heterocycles. The summed E-state index contributed by atoms with van der Waals surface area (Å²) >= 11 is 0.821. The van der Waals surface area contributed by atoms with Crippen molar-refractivity contribution in [1.82, 2.24) is 10.2 Å². The Hall–Kier alpha value is -3.26. The van der Waals surface area contributed by atoms with Gasteiger partial charge in [-0.2, -0.15) is 0 Å². The molecule has 0 spiro atoms. The molecule has 2 aliphatic heterocycles. The van der Waals surface area contributed by atoms with Crippen molar-refractivity contribution < 1.29 is 19.1 Å². The summed E-state index contributed by atoms with van der Waals surface area (Å²) in [5.74, 6) is -0.182. The Kier molecular flexibility index (Phi) is 5.26. The number of para-hydroxylation sites is 1. The number of imide groups is 1. The van der Waals surface area contributed by atoms with Crippen molar-refractivity contribution in [3.63, 3.8) is 0 Å². The highest BCUT2D eigenvalue weighted by molar-refractivity contribution is 8.18. The lowest BCUT2D eigenvalue weighted by atomic mass is 10.1. The van der Waals surface area contributed by atoms with Gasteiger partial charge in [0.1, 0.15) is 17.3 Å². The summed E-state index contributed by atoms with van der Waals surface area (Å²) in [6, 6.07) is 16.6.